The summed E-state index contributed by atoms with van der Waals surface area (Å²) in [5, 5.41) is 2.19. The van der Waals surface area contributed by atoms with Crippen LogP contribution in [0.25, 0.3) is 0 Å². The summed E-state index contributed by atoms with van der Waals surface area (Å²) in [6.45, 7) is 1.85. The van der Waals surface area contributed by atoms with E-state index in [4.69, 9.17) is 0 Å². The van der Waals surface area contributed by atoms with Gasteiger partial charge in [-0.15, -0.1) is 0 Å². The predicted octanol–water partition coefficient (Wildman–Crippen LogP) is 2.28. The predicted molar refractivity (Wildman–Crippen MR) is 64.1 cm³/mol. The summed E-state index contributed by atoms with van der Waals surface area (Å²) in [7, 11) is 0. The molecular weight excluding hydrogens is 291 g/mol. The Balaban J connectivity index is 2.40. The Morgan fingerprint density at radius 2 is 2.18 bits per heavy atom. The average molecular weight is 301 g/mol. The van der Waals surface area contributed by atoms with Crippen molar-refractivity contribution in [1.29, 1.82) is 0 Å². The molecule has 4 nitrogen and oxygen atoms in total. The lowest BCUT2D eigenvalue weighted by Crippen LogP contribution is -2.54. The van der Waals surface area contributed by atoms with Crippen LogP contribution < -0.4 is 10.2 Å². The summed E-state index contributed by atoms with van der Waals surface area (Å²) in [5.74, 6) is -1.20. The Labute approximate surface area is 106 Å². The fourth-order valence-corrected chi connectivity index (χ4v) is 2.23. The molecule has 1 saturated heterocycles. The maximum Gasteiger partial charge on any atom is 0.328 e. The lowest BCUT2D eigenvalue weighted by Gasteiger charge is -2.31. The van der Waals surface area contributed by atoms with Crippen LogP contribution in [0.2, 0.25) is 0 Å². The highest BCUT2D eigenvalue weighted by molar-refractivity contribution is 9.10. The summed E-state index contributed by atoms with van der Waals surface area (Å²) in [5.41, 5.74) is 0.157. The zero-order chi connectivity index (χ0) is 12.6. The van der Waals surface area contributed by atoms with Crippen molar-refractivity contribution < 1.29 is 14.0 Å². The molecule has 1 heterocycles. The molecule has 0 saturated carbocycles. The summed E-state index contributed by atoms with van der Waals surface area (Å²) in [6.07, 6.45) is 0. The molecular formula is C11H10BrFN2O2. The summed E-state index contributed by atoms with van der Waals surface area (Å²) in [6, 6.07) is 3.86. The number of nitrogens with zero attached hydrogens (tertiary/aromatic N) is 1. The van der Waals surface area contributed by atoms with E-state index >= 15 is 0 Å². The number of carbonyl (C=O) groups excluding carboxylic acids is 2. The van der Waals surface area contributed by atoms with Crippen molar-refractivity contribution in [2.45, 2.75) is 6.92 Å². The third-order valence-corrected chi connectivity index (χ3v) is 3.23. The molecule has 0 spiro atoms. The van der Waals surface area contributed by atoms with Crippen LogP contribution in [-0.4, -0.2) is 18.5 Å². The van der Waals surface area contributed by atoms with Crippen LogP contribution in [0.15, 0.2) is 22.7 Å². The number of nitrogens with one attached hydrogen (secondary N) is 1. The highest BCUT2D eigenvalue weighted by Gasteiger charge is 2.32. The van der Waals surface area contributed by atoms with Crippen molar-refractivity contribution in [3.63, 3.8) is 0 Å². The third-order valence-electron chi connectivity index (χ3n) is 2.59. The highest BCUT2D eigenvalue weighted by Crippen LogP contribution is 2.30. The number of amides is 3. The fourth-order valence-electron chi connectivity index (χ4n) is 1.68. The van der Waals surface area contributed by atoms with Gasteiger partial charge in [-0.05, 0) is 28.1 Å². The summed E-state index contributed by atoms with van der Waals surface area (Å²) in [4.78, 5) is 24.2. The first-order valence-corrected chi connectivity index (χ1v) is 5.86. The molecule has 6 heteroatoms. The molecule has 1 unspecified atom stereocenters. The number of hydrogen-bond acceptors (Lipinski definition) is 2. The van der Waals surface area contributed by atoms with E-state index in [1.165, 1.54) is 11.0 Å². The van der Waals surface area contributed by atoms with Crippen LogP contribution in [0.5, 0.6) is 0 Å². The molecule has 1 fully saturated rings. The van der Waals surface area contributed by atoms with Crippen molar-refractivity contribution in [2.75, 3.05) is 11.4 Å². The van der Waals surface area contributed by atoms with Crippen molar-refractivity contribution in [3.05, 3.63) is 28.5 Å². The van der Waals surface area contributed by atoms with Crippen LogP contribution in [0.4, 0.5) is 14.9 Å². The van der Waals surface area contributed by atoms with Gasteiger partial charge in [0.15, 0.2) is 0 Å². The van der Waals surface area contributed by atoms with Crippen LogP contribution >= 0.6 is 15.9 Å². The average Bonchev–Trinajstić information content (AvgIpc) is 2.25. The van der Waals surface area contributed by atoms with E-state index in [9.17, 15) is 14.0 Å². The number of hydrogen-bond donors (Lipinski definition) is 1. The van der Waals surface area contributed by atoms with Gasteiger partial charge in [-0.1, -0.05) is 13.0 Å². The minimum Gasteiger partial charge on any atom is -0.289 e. The van der Waals surface area contributed by atoms with Crippen LogP contribution in [0.1, 0.15) is 6.92 Å². The molecule has 17 heavy (non-hydrogen) atoms. The maximum absolute atomic E-state index is 13.7. The number of benzene rings is 1. The van der Waals surface area contributed by atoms with Gasteiger partial charge in [0.2, 0.25) is 5.91 Å². The van der Waals surface area contributed by atoms with E-state index < -0.39 is 11.8 Å². The molecule has 3 amide bonds. The number of anilines is 1. The number of rotatable bonds is 1. The zero-order valence-corrected chi connectivity index (χ0v) is 10.6. The van der Waals surface area contributed by atoms with Gasteiger partial charge >= 0.3 is 6.03 Å². The quantitative estimate of drug-likeness (QED) is 0.865. The van der Waals surface area contributed by atoms with Crippen LogP contribution in [0.3, 0.4) is 0 Å². The van der Waals surface area contributed by atoms with Crippen LogP contribution in [-0.2, 0) is 4.79 Å². The normalized spacial score (nSPS) is 20.4. The Morgan fingerprint density at radius 1 is 1.47 bits per heavy atom. The second-order valence-corrected chi connectivity index (χ2v) is 4.73. The van der Waals surface area contributed by atoms with Crippen molar-refractivity contribution >= 4 is 33.6 Å². The molecule has 1 aliphatic heterocycles. The molecule has 0 radical (unpaired) electrons. The van der Waals surface area contributed by atoms with Gasteiger partial charge in [-0.3, -0.25) is 15.0 Å². The number of urea groups is 1. The topological polar surface area (TPSA) is 49.4 Å². The van der Waals surface area contributed by atoms with Gasteiger partial charge in [0, 0.05) is 11.0 Å². The minimum atomic E-state index is -0.598. The summed E-state index contributed by atoms with van der Waals surface area (Å²) >= 11 is 3.20. The third kappa shape index (κ3) is 2.17. The minimum absolute atomic E-state index is 0.157. The van der Waals surface area contributed by atoms with Gasteiger partial charge in [0.1, 0.15) is 5.82 Å². The van der Waals surface area contributed by atoms with E-state index in [0.29, 0.717) is 4.47 Å². The first-order chi connectivity index (χ1) is 8.00. The smallest absolute Gasteiger partial charge is 0.289 e. The fraction of sp³-hybridized carbons (Fsp3) is 0.273. The van der Waals surface area contributed by atoms with Gasteiger partial charge in [0.25, 0.3) is 0 Å². The Bertz CT molecular complexity index is 472. The van der Waals surface area contributed by atoms with E-state index in [0.717, 1.165) is 0 Å². The molecule has 2 rings (SSSR count). The van der Waals surface area contributed by atoms with E-state index in [1.807, 2.05) is 0 Å². The highest BCUT2D eigenvalue weighted by atomic mass is 79.9. The Kier molecular flexibility index (Phi) is 3.15. The largest absolute Gasteiger partial charge is 0.328 e. The summed E-state index contributed by atoms with van der Waals surface area (Å²) < 4.78 is 14.2. The van der Waals surface area contributed by atoms with Gasteiger partial charge in [0.05, 0.1) is 11.6 Å². The Morgan fingerprint density at radius 3 is 2.82 bits per heavy atom. The maximum atomic E-state index is 13.7. The number of imide groups is 1. The monoisotopic (exact) mass is 300 g/mol. The number of carbonyl (C=O) groups is 2. The molecule has 1 aromatic carbocycles. The molecule has 0 aromatic heterocycles. The molecule has 0 bridgehead atoms. The lowest BCUT2D eigenvalue weighted by atomic mass is 10.1. The Hall–Kier alpha value is -1.43. The standard InChI is InChI=1S/C11H10BrFN2O2/c1-6-5-15(11(17)14-10(6)16)9-7(12)3-2-4-8(9)13/h2-4,6H,5H2,1H3,(H,14,16,17). The first kappa shape index (κ1) is 12.0. The SMILES string of the molecule is CC1CN(c2c(F)cccc2Br)C(=O)NC1=O. The first-order valence-electron chi connectivity index (χ1n) is 5.07. The molecule has 1 aliphatic rings. The zero-order valence-electron chi connectivity index (χ0n) is 9.04. The molecule has 1 atom stereocenters. The molecule has 0 aliphatic carbocycles. The molecule has 1 N–H and O–H groups in total. The van der Waals surface area contributed by atoms with Gasteiger partial charge < -0.3 is 0 Å². The van der Waals surface area contributed by atoms with E-state index in [-0.39, 0.29) is 24.1 Å². The van der Waals surface area contributed by atoms with Crippen molar-refractivity contribution in [3.8, 4) is 0 Å². The second kappa shape index (κ2) is 4.44. The van der Waals surface area contributed by atoms with Gasteiger partial charge in [-0.2, -0.15) is 0 Å². The van der Waals surface area contributed by atoms with Gasteiger partial charge in [-0.25, -0.2) is 9.18 Å². The second-order valence-electron chi connectivity index (χ2n) is 3.88. The lowest BCUT2D eigenvalue weighted by molar-refractivity contribution is -0.123. The van der Waals surface area contributed by atoms with Crippen molar-refractivity contribution in [2.24, 2.45) is 5.92 Å². The van der Waals surface area contributed by atoms with Crippen molar-refractivity contribution in [1.82, 2.24) is 5.32 Å². The molecule has 1 aromatic rings. The van der Waals surface area contributed by atoms with E-state index in [1.54, 1.807) is 19.1 Å². The molecule has 90 valence electrons. The number of para-hydroxylation sites is 1. The number of halogens is 2. The van der Waals surface area contributed by atoms with Crippen LogP contribution in [0, 0.1) is 11.7 Å². The van der Waals surface area contributed by atoms with E-state index in [2.05, 4.69) is 21.2 Å².